The van der Waals surface area contributed by atoms with E-state index in [4.69, 9.17) is 21.6 Å². The number of carbonyl (C=O) groups excluding carboxylic acids is 1. The molecule has 0 aromatic heterocycles. The van der Waals surface area contributed by atoms with Gasteiger partial charge in [0.1, 0.15) is 18.0 Å². The standard InChI is InChI=1S/C15H20N2O3/c1-5-11-8-12(16)10-13(9-11)19-7-6-17-14(18)20-15(2,3)4/h1,8-10H,6-7,16H2,2-4H3,(H,17,18). The van der Waals surface area contributed by atoms with Crippen molar-refractivity contribution in [1.29, 1.82) is 0 Å². The number of nitrogens with two attached hydrogens (primary N) is 1. The Balaban J connectivity index is 2.37. The summed E-state index contributed by atoms with van der Waals surface area (Å²) >= 11 is 0. The largest absolute Gasteiger partial charge is 0.492 e. The number of benzene rings is 1. The quantitative estimate of drug-likeness (QED) is 0.502. The van der Waals surface area contributed by atoms with Crippen LogP contribution in [0.1, 0.15) is 26.3 Å². The molecule has 0 radical (unpaired) electrons. The summed E-state index contributed by atoms with van der Waals surface area (Å²) in [6.07, 6.45) is 4.83. The van der Waals surface area contributed by atoms with Crippen LogP contribution >= 0.6 is 0 Å². The van der Waals surface area contributed by atoms with E-state index in [0.29, 0.717) is 30.2 Å². The van der Waals surface area contributed by atoms with E-state index in [0.717, 1.165) is 0 Å². The van der Waals surface area contributed by atoms with Crippen LogP contribution in [0.25, 0.3) is 0 Å². The third kappa shape index (κ3) is 6.01. The van der Waals surface area contributed by atoms with Gasteiger partial charge in [-0.1, -0.05) is 5.92 Å². The first-order chi connectivity index (χ1) is 9.30. The number of alkyl carbamates (subject to hydrolysis) is 1. The zero-order valence-electron chi connectivity index (χ0n) is 12.0. The van der Waals surface area contributed by atoms with Gasteiger partial charge in [-0.25, -0.2) is 4.79 Å². The average molecular weight is 276 g/mol. The van der Waals surface area contributed by atoms with E-state index in [1.165, 1.54) is 0 Å². The molecule has 1 aromatic rings. The fourth-order valence-corrected chi connectivity index (χ4v) is 1.42. The van der Waals surface area contributed by atoms with Crippen molar-refractivity contribution in [2.45, 2.75) is 26.4 Å². The maximum Gasteiger partial charge on any atom is 0.407 e. The van der Waals surface area contributed by atoms with E-state index < -0.39 is 11.7 Å². The monoisotopic (exact) mass is 276 g/mol. The lowest BCUT2D eigenvalue weighted by Gasteiger charge is -2.19. The molecular weight excluding hydrogens is 256 g/mol. The maximum absolute atomic E-state index is 11.4. The van der Waals surface area contributed by atoms with Gasteiger partial charge in [-0.3, -0.25) is 0 Å². The van der Waals surface area contributed by atoms with Gasteiger partial charge in [0.05, 0.1) is 6.54 Å². The van der Waals surface area contributed by atoms with Gasteiger partial charge in [-0.2, -0.15) is 0 Å². The molecule has 0 unspecified atom stereocenters. The summed E-state index contributed by atoms with van der Waals surface area (Å²) in [7, 11) is 0. The van der Waals surface area contributed by atoms with Crippen LogP contribution in [0.15, 0.2) is 18.2 Å². The van der Waals surface area contributed by atoms with Crippen molar-refractivity contribution in [3.63, 3.8) is 0 Å². The van der Waals surface area contributed by atoms with Crippen LogP contribution in [0.4, 0.5) is 10.5 Å². The predicted molar refractivity (Wildman–Crippen MR) is 78.5 cm³/mol. The smallest absolute Gasteiger partial charge is 0.407 e. The molecule has 0 aliphatic heterocycles. The Kier molecular flexibility index (Phi) is 5.27. The van der Waals surface area contributed by atoms with E-state index in [2.05, 4.69) is 11.2 Å². The van der Waals surface area contributed by atoms with Crippen molar-refractivity contribution < 1.29 is 14.3 Å². The number of nitrogens with one attached hydrogen (secondary N) is 1. The normalized spacial score (nSPS) is 10.5. The highest BCUT2D eigenvalue weighted by molar-refractivity contribution is 5.67. The highest BCUT2D eigenvalue weighted by Gasteiger charge is 2.15. The van der Waals surface area contributed by atoms with Crippen molar-refractivity contribution in [1.82, 2.24) is 5.32 Å². The van der Waals surface area contributed by atoms with E-state index in [1.807, 2.05) is 0 Å². The number of hydrogen-bond acceptors (Lipinski definition) is 4. The summed E-state index contributed by atoms with van der Waals surface area (Å²) in [4.78, 5) is 11.4. The second kappa shape index (κ2) is 6.71. The molecule has 0 saturated heterocycles. The number of anilines is 1. The molecule has 0 heterocycles. The van der Waals surface area contributed by atoms with Crippen LogP contribution in [0, 0.1) is 12.3 Å². The minimum atomic E-state index is -0.513. The summed E-state index contributed by atoms with van der Waals surface area (Å²) in [6, 6.07) is 5.07. The van der Waals surface area contributed by atoms with Gasteiger partial charge in [-0.15, -0.1) is 6.42 Å². The van der Waals surface area contributed by atoms with Gasteiger partial charge in [-0.05, 0) is 32.9 Å². The molecule has 3 N–H and O–H groups in total. The molecule has 20 heavy (non-hydrogen) atoms. The first kappa shape index (κ1) is 15.7. The Morgan fingerprint density at radius 3 is 2.70 bits per heavy atom. The SMILES string of the molecule is C#Cc1cc(N)cc(OCCNC(=O)OC(C)(C)C)c1. The Labute approximate surface area is 119 Å². The van der Waals surface area contributed by atoms with Crippen LogP contribution in [0.5, 0.6) is 5.75 Å². The van der Waals surface area contributed by atoms with E-state index in [-0.39, 0.29) is 0 Å². The van der Waals surface area contributed by atoms with E-state index >= 15 is 0 Å². The maximum atomic E-state index is 11.4. The molecular formula is C15H20N2O3. The van der Waals surface area contributed by atoms with Gasteiger partial charge in [0, 0.05) is 17.3 Å². The van der Waals surface area contributed by atoms with Gasteiger partial charge >= 0.3 is 6.09 Å². The van der Waals surface area contributed by atoms with Gasteiger partial charge in [0.25, 0.3) is 0 Å². The predicted octanol–water partition coefficient (Wildman–Crippen LogP) is 2.15. The molecule has 0 bridgehead atoms. The third-order valence-corrected chi connectivity index (χ3v) is 2.13. The molecule has 1 rings (SSSR count). The first-order valence-corrected chi connectivity index (χ1v) is 6.27. The second-order valence-electron chi connectivity index (χ2n) is 5.21. The minimum absolute atomic E-state index is 0.298. The summed E-state index contributed by atoms with van der Waals surface area (Å²) in [5.74, 6) is 3.07. The number of terminal acetylenes is 1. The lowest BCUT2D eigenvalue weighted by Crippen LogP contribution is -2.34. The molecule has 0 aliphatic rings. The number of ether oxygens (including phenoxy) is 2. The number of hydrogen-bond donors (Lipinski definition) is 2. The van der Waals surface area contributed by atoms with Crippen LogP contribution in [-0.2, 0) is 4.74 Å². The highest BCUT2D eigenvalue weighted by atomic mass is 16.6. The number of amides is 1. The third-order valence-electron chi connectivity index (χ3n) is 2.13. The van der Waals surface area contributed by atoms with Gasteiger partial charge in [0.2, 0.25) is 0 Å². The summed E-state index contributed by atoms with van der Waals surface area (Å²) < 4.78 is 10.6. The Morgan fingerprint density at radius 2 is 2.10 bits per heavy atom. The summed E-state index contributed by atoms with van der Waals surface area (Å²) in [5, 5.41) is 2.59. The van der Waals surface area contributed by atoms with E-state index in [1.54, 1.807) is 39.0 Å². The van der Waals surface area contributed by atoms with Crippen molar-refractivity contribution in [2.24, 2.45) is 0 Å². The Bertz CT molecular complexity index is 513. The highest BCUT2D eigenvalue weighted by Crippen LogP contribution is 2.18. The molecule has 108 valence electrons. The molecule has 5 heteroatoms. The van der Waals surface area contributed by atoms with Crippen molar-refractivity contribution in [3.8, 4) is 18.1 Å². The van der Waals surface area contributed by atoms with Crippen molar-refractivity contribution in [3.05, 3.63) is 23.8 Å². The molecule has 1 aromatic carbocycles. The molecule has 0 atom stereocenters. The Hall–Kier alpha value is -2.35. The lowest BCUT2D eigenvalue weighted by molar-refractivity contribution is 0.0520. The summed E-state index contributed by atoms with van der Waals surface area (Å²) in [5.41, 5.74) is 6.37. The zero-order valence-corrected chi connectivity index (χ0v) is 12.0. The minimum Gasteiger partial charge on any atom is -0.492 e. The number of nitrogen functional groups attached to an aromatic ring is 1. The topological polar surface area (TPSA) is 73.6 Å². The van der Waals surface area contributed by atoms with Crippen molar-refractivity contribution in [2.75, 3.05) is 18.9 Å². The van der Waals surface area contributed by atoms with Crippen molar-refractivity contribution >= 4 is 11.8 Å². The molecule has 0 aliphatic carbocycles. The average Bonchev–Trinajstić information content (AvgIpc) is 2.32. The van der Waals surface area contributed by atoms with Crippen LogP contribution in [-0.4, -0.2) is 24.8 Å². The fourth-order valence-electron chi connectivity index (χ4n) is 1.42. The molecule has 5 nitrogen and oxygen atoms in total. The molecule has 0 spiro atoms. The Morgan fingerprint density at radius 1 is 1.40 bits per heavy atom. The molecule has 0 fully saturated rings. The number of carbonyl (C=O) groups is 1. The van der Waals surface area contributed by atoms with Crippen LogP contribution in [0.3, 0.4) is 0 Å². The van der Waals surface area contributed by atoms with E-state index in [9.17, 15) is 4.79 Å². The fraction of sp³-hybridized carbons (Fsp3) is 0.400. The first-order valence-electron chi connectivity index (χ1n) is 6.27. The number of rotatable bonds is 4. The molecule has 0 saturated carbocycles. The summed E-state index contributed by atoms with van der Waals surface area (Å²) in [6.45, 7) is 6.04. The zero-order chi connectivity index (χ0) is 15.2. The van der Waals surface area contributed by atoms with Gasteiger partial charge in [0.15, 0.2) is 0 Å². The molecule has 1 amide bonds. The lowest BCUT2D eigenvalue weighted by atomic mass is 10.2. The van der Waals surface area contributed by atoms with Gasteiger partial charge < -0.3 is 20.5 Å². The second-order valence-corrected chi connectivity index (χ2v) is 5.21. The van der Waals surface area contributed by atoms with Crippen LogP contribution < -0.4 is 15.8 Å². The van der Waals surface area contributed by atoms with Crippen LogP contribution in [0.2, 0.25) is 0 Å².